The fourth-order valence-corrected chi connectivity index (χ4v) is 2.18. The highest BCUT2D eigenvalue weighted by atomic mass is 16.3. The summed E-state index contributed by atoms with van der Waals surface area (Å²) in [6.07, 6.45) is 0. The second-order valence-electron chi connectivity index (χ2n) is 4.50. The quantitative estimate of drug-likeness (QED) is 0.735. The number of hydrogen-bond donors (Lipinski definition) is 1. The molecule has 3 aromatic rings. The summed E-state index contributed by atoms with van der Waals surface area (Å²) >= 11 is 0. The Kier molecular flexibility index (Phi) is 2.65. The predicted molar refractivity (Wildman–Crippen MR) is 74.3 cm³/mol. The first-order valence-corrected chi connectivity index (χ1v) is 6.06. The number of para-hydroxylation sites is 1. The minimum Gasteiger partial charge on any atom is -0.456 e. The van der Waals surface area contributed by atoms with Crippen molar-refractivity contribution < 1.29 is 4.42 Å². The summed E-state index contributed by atoms with van der Waals surface area (Å²) in [4.78, 5) is 0. The Morgan fingerprint density at radius 1 is 1.06 bits per heavy atom. The summed E-state index contributed by atoms with van der Waals surface area (Å²) in [6.45, 7) is 2.64. The summed E-state index contributed by atoms with van der Waals surface area (Å²) in [5, 5.41) is 1.13. The van der Waals surface area contributed by atoms with Gasteiger partial charge in [-0.1, -0.05) is 30.3 Å². The summed E-state index contributed by atoms with van der Waals surface area (Å²) in [7, 11) is 0. The van der Waals surface area contributed by atoms with Crippen molar-refractivity contribution >= 4 is 11.0 Å². The molecule has 0 saturated heterocycles. The number of benzene rings is 2. The van der Waals surface area contributed by atoms with Crippen LogP contribution in [0.1, 0.15) is 11.1 Å². The minimum atomic E-state index is 0.549. The first kappa shape index (κ1) is 11.1. The van der Waals surface area contributed by atoms with Gasteiger partial charge >= 0.3 is 0 Å². The third-order valence-electron chi connectivity index (χ3n) is 3.23. The van der Waals surface area contributed by atoms with Gasteiger partial charge in [0.15, 0.2) is 0 Å². The molecule has 0 atom stereocenters. The molecule has 0 bridgehead atoms. The standard InChI is InChI=1S/C16H15NO/c1-11-6-7-12(10-17)8-14(11)16-9-13-4-2-3-5-15(13)18-16/h2-9H,10,17H2,1H3. The molecular formula is C16H15NO. The van der Waals surface area contributed by atoms with E-state index in [0.29, 0.717) is 6.54 Å². The van der Waals surface area contributed by atoms with Crippen LogP contribution in [-0.4, -0.2) is 0 Å². The number of fused-ring (bicyclic) bond motifs is 1. The molecule has 0 aliphatic heterocycles. The fourth-order valence-electron chi connectivity index (χ4n) is 2.18. The van der Waals surface area contributed by atoms with Crippen molar-refractivity contribution in [3.63, 3.8) is 0 Å². The van der Waals surface area contributed by atoms with Gasteiger partial charge in [0.2, 0.25) is 0 Å². The molecule has 2 heteroatoms. The van der Waals surface area contributed by atoms with Crippen molar-refractivity contribution in [1.29, 1.82) is 0 Å². The van der Waals surface area contributed by atoms with Crippen molar-refractivity contribution in [2.45, 2.75) is 13.5 Å². The average molecular weight is 237 g/mol. The molecule has 2 nitrogen and oxygen atoms in total. The number of aryl methyl sites for hydroxylation is 1. The van der Waals surface area contributed by atoms with Crippen LogP contribution in [0.3, 0.4) is 0 Å². The second-order valence-corrected chi connectivity index (χ2v) is 4.50. The highest BCUT2D eigenvalue weighted by Crippen LogP contribution is 2.30. The van der Waals surface area contributed by atoms with E-state index in [1.54, 1.807) is 0 Å². The number of rotatable bonds is 2. The smallest absolute Gasteiger partial charge is 0.135 e. The first-order valence-electron chi connectivity index (χ1n) is 6.06. The van der Waals surface area contributed by atoms with Gasteiger partial charge in [-0.15, -0.1) is 0 Å². The van der Waals surface area contributed by atoms with Gasteiger partial charge in [0.05, 0.1) is 0 Å². The zero-order valence-corrected chi connectivity index (χ0v) is 10.3. The molecular weight excluding hydrogens is 222 g/mol. The van der Waals surface area contributed by atoms with Gasteiger partial charge < -0.3 is 10.2 Å². The largest absolute Gasteiger partial charge is 0.456 e. The minimum absolute atomic E-state index is 0.549. The zero-order valence-electron chi connectivity index (χ0n) is 10.3. The Morgan fingerprint density at radius 2 is 1.89 bits per heavy atom. The third kappa shape index (κ3) is 1.81. The first-order chi connectivity index (χ1) is 8.78. The molecule has 0 amide bonds. The van der Waals surface area contributed by atoms with Crippen molar-refractivity contribution in [1.82, 2.24) is 0 Å². The van der Waals surface area contributed by atoms with Crippen LogP contribution in [0.25, 0.3) is 22.3 Å². The molecule has 1 aromatic heterocycles. The van der Waals surface area contributed by atoms with Crippen LogP contribution in [0.4, 0.5) is 0 Å². The monoisotopic (exact) mass is 237 g/mol. The maximum atomic E-state index is 5.89. The number of nitrogens with two attached hydrogens (primary N) is 1. The van der Waals surface area contributed by atoms with Crippen molar-refractivity contribution in [2.24, 2.45) is 5.73 Å². The van der Waals surface area contributed by atoms with E-state index in [4.69, 9.17) is 10.2 Å². The molecule has 0 unspecified atom stereocenters. The van der Waals surface area contributed by atoms with Crippen LogP contribution in [0.5, 0.6) is 0 Å². The SMILES string of the molecule is Cc1ccc(CN)cc1-c1cc2ccccc2o1. The molecule has 90 valence electrons. The van der Waals surface area contributed by atoms with E-state index in [-0.39, 0.29) is 0 Å². The van der Waals surface area contributed by atoms with Crippen LogP contribution in [-0.2, 0) is 6.54 Å². The van der Waals surface area contributed by atoms with E-state index in [1.165, 1.54) is 5.56 Å². The molecule has 0 aliphatic rings. The number of furan rings is 1. The average Bonchev–Trinajstić information content (AvgIpc) is 2.82. The van der Waals surface area contributed by atoms with E-state index < -0.39 is 0 Å². The van der Waals surface area contributed by atoms with Crippen LogP contribution in [0, 0.1) is 6.92 Å². The van der Waals surface area contributed by atoms with E-state index in [2.05, 4.69) is 37.3 Å². The lowest BCUT2D eigenvalue weighted by Crippen LogP contribution is -1.96. The Bertz CT molecular complexity index is 664. The summed E-state index contributed by atoms with van der Waals surface area (Å²) < 4.78 is 5.89. The van der Waals surface area contributed by atoms with Crippen molar-refractivity contribution in [3.05, 3.63) is 59.7 Å². The van der Waals surface area contributed by atoms with Gasteiger partial charge in [-0.3, -0.25) is 0 Å². The highest BCUT2D eigenvalue weighted by molar-refractivity contribution is 5.83. The second kappa shape index (κ2) is 4.31. The lowest BCUT2D eigenvalue weighted by atomic mass is 10.0. The molecule has 0 saturated carbocycles. The molecule has 0 spiro atoms. The molecule has 0 aliphatic carbocycles. The van der Waals surface area contributed by atoms with Crippen molar-refractivity contribution in [2.75, 3.05) is 0 Å². The summed E-state index contributed by atoms with van der Waals surface area (Å²) in [5.74, 6) is 0.906. The van der Waals surface area contributed by atoms with Gasteiger partial charge in [-0.25, -0.2) is 0 Å². The highest BCUT2D eigenvalue weighted by Gasteiger charge is 2.08. The van der Waals surface area contributed by atoms with E-state index >= 15 is 0 Å². The van der Waals surface area contributed by atoms with E-state index in [0.717, 1.165) is 27.9 Å². The normalized spacial score (nSPS) is 11.0. The molecule has 3 rings (SSSR count). The Balaban J connectivity index is 2.19. The Morgan fingerprint density at radius 3 is 2.67 bits per heavy atom. The van der Waals surface area contributed by atoms with E-state index in [9.17, 15) is 0 Å². The van der Waals surface area contributed by atoms with Crippen LogP contribution < -0.4 is 5.73 Å². The lowest BCUT2D eigenvalue weighted by molar-refractivity contribution is 0.631. The topological polar surface area (TPSA) is 39.2 Å². The molecule has 0 fully saturated rings. The van der Waals surface area contributed by atoms with Gasteiger partial charge in [0.25, 0.3) is 0 Å². The van der Waals surface area contributed by atoms with Gasteiger partial charge in [0, 0.05) is 17.5 Å². The lowest BCUT2D eigenvalue weighted by Gasteiger charge is -2.04. The molecule has 0 radical (unpaired) electrons. The van der Waals surface area contributed by atoms with Crippen LogP contribution in [0.2, 0.25) is 0 Å². The molecule has 2 aromatic carbocycles. The van der Waals surface area contributed by atoms with Gasteiger partial charge in [0.1, 0.15) is 11.3 Å². The van der Waals surface area contributed by atoms with Crippen molar-refractivity contribution in [3.8, 4) is 11.3 Å². The maximum Gasteiger partial charge on any atom is 0.135 e. The summed E-state index contributed by atoms with van der Waals surface area (Å²) in [6, 6.07) is 16.4. The van der Waals surface area contributed by atoms with E-state index in [1.807, 2.05) is 18.2 Å². The van der Waals surface area contributed by atoms with Crippen LogP contribution >= 0.6 is 0 Å². The zero-order chi connectivity index (χ0) is 12.5. The molecule has 1 heterocycles. The van der Waals surface area contributed by atoms with Gasteiger partial charge in [-0.2, -0.15) is 0 Å². The third-order valence-corrected chi connectivity index (χ3v) is 3.23. The van der Waals surface area contributed by atoms with Gasteiger partial charge in [-0.05, 0) is 36.2 Å². The predicted octanol–water partition coefficient (Wildman–Crippen LogP) is 3.87. The molecule has 2 N–H and O–H groups in total. The Hall–Kier alpha value is -2.06. The number of hydrogen-bond acceptors (Lipinski definition) is 2. The van der Waals surface area contributed by atoms with Crippen LogP contribution in [0.15, 0.2) is 52.9 Å². The fraction of sp³-hybridized carbons (Fsp3) is 0.125. The maximum absolute atomic E-state index is 5.89. The Labute approximate surface area is 106 Å². The summed E-state index contributed by atoms with van der Waals surface area (Å²) in [5.41, 5.74) is 10.1. The molecule has 18 heavy (non-hydrogen) atoms.